The molecule has 15 heavy (non-hydrogen) atoms. The highest BCUT2D eigenvalue weighted by Crippen LogP contribution is 2.13. The lowest BCUT2D eigenvalue weighted by Crippen LogP contribution is -2.48. The molecular formula is C8H11N3O4. The number of ether oxygens (including phenoxy) is 1. The van der Waals surface area contributed by atoms with Crippen molar-refractivity contribution in [3.8, 4) is 0 Å². The second-order valence-electron chi connectivity index (χ2n) is 2.98. The van der Waals surface area contributed by atoms with Gasteiger partial charge in [-0.05, 0) is 6.92 Å². The number of hydrogen-bond acceptors (Lipinski definition) is 4. The number of rotatable bonds is 4. The van der Waals surface area contributed by atoms with Crippen LogP contribution in [-0.4, -0.2) is 39.9 Å². The zero-order valence-corrected chi connectivity index (χ0v) is 8.27. The SMILES string of the molecule is COC(C)(C(=O)O)C(=O)Nc1cn[nH]c1. The van der Waals surface area contributed by atoms with Crippen molar-refractivity contribution >= 4 is 17.6 Å². The molecule has 0 aliphatic carbocycles. The molecule has 1 unspecified atom stereocenters. The molecule has 1 aromatic rings. The Morgan fingerprint density at radius 3 is 2.73 bits per heavy atom. The van der Waals surface area contributed by atoms with E-state index in [1.807, 2.05) is 0 Å². The van der Waals surface area contributed by atoms with Crippen molar-refractivity contribution in [2.24, 2.45) is 0 Å². The molecule has 82 valence electrons. The van der Waals surface area contributed by atoms with Crippen LogP contribution in [0.25, 0.3) is 0 Å². The minimum absolute atomic E-state index is 0.379. The fourth-order valence-corrected chi connectivity index (χ4v) is 0.847. The average Bonchev–Trinajstić information content (AvgIpc) is 2.68. The molecule has 1 amide bonds. The van der Waals surface area contributed by atoms with E-state index < -0.39 is 17.5 Å². The van der Waals surface area contributed by atoms with Gasteiger partial charge in [-0.1, -0.05) is 0 Å². The van der Waals surface area contributed by atoms with Crippen molar-refractivity contribution in [3.63, 3.8) is 0 Å². The summed E-state index contributed by atoms with van der Waals surface area (Å²) in [6, 6.07) is 0. The molecule has 1 rings (SSSR count). The minimum Gasteiger partial charge on any atom is -0.479 e. The molecule has 0 spiro atoms. The van der Waals surface area contributed by atoms with Crippen molar-refractivity contribution in [3.05, 3.63) is 12.4 Å². The summed E-state index contributed by atoms with van der Waals surface area (Å²) in [5, 5.41) is 17.3. The number of hydrogen-bond donors (Lipinski definition) is 3. The molecule has 0 aromatic carbocycles. The summed E-state index contributed by atoms with van der Waals surface area (Å²) < 4.78 is 4.67. The Labute approximate surface area is 85.4 Å². The number of anilines is 1. The van der Waals surface area contributed by atoms with Crippen LogP contribution in [-0.2, 0) is 14.3 Å². The van der Waals surface area contributed by atoms with Crippen molar-refractivity contribution in [1.82, 2.24) is 10.2 Å². The zero-order valence-electron chi connectivity index (χ0n) is 8.27. The number of H-pyrrole nitrogens is 1. The van der Waals surface area contributed by atoms with E-state index in [0.29, 0.717) is 5.69 Å². The van der Waals surface area contributed by atoms with Crippen LogP contribution in [0.5, 0.6) is 0 Å². The maximum atomic E-state index is 11.5. The molecular weight excluding hydrogens is 202 g/mol. The fourth-order valence-electron chi connectivity index (χ4n) is 0.847. The Morgan fingerprint density at radius 2 is 2.33 bits per heavy atom. The lowest BCUT2D eigenvalue weighted by molar-refractivity contribution is -0.165. The minimum atomic E-state index is -1.91. The number of nitrogens with zero attached hydrogens (tertiary/aromatic N) is 1. The summed E-state index contributed by atoms with van der Waals surface area (Å²) in [5.41, 5.74) is -1.53. The number of carbonyl (C=O) groups is 2. The highest BCUT2D eigenvalue weighted by molar-refractivity contribution is 6.10. The van der Waals surface area contributed by atoms with Gasteiger partial charge in [0, 0.05) is 13.3 Å². The zero-order chi connectivity index (χ0) is 11.5. The molecule has 1 aromatic heterocycles. The summed E-state index contributed by atoms with van der Waals surface area (Å²) in [5.74, 6) is -2.12. The van der Waals surface area contributed by atoms with Crippen molar-refractivity contribution in [2.45, 2.75) is 12.5 Å². The van der Waals surface area contributed by atoms with Crippen molar-refractivity contribution < 1.29 is 19.4 Å². The van der Waals surface area contributed by atoms with E-state index in [-0.39, 0.29) is 0 Å². The monoisotopic (exact) mass is 213 g/mol. The van der Waals surface area contributed by atoms with Gasteiger partial charge in [-0.3, -0.25) is 9.89 Å². The molecule has 0 radical (unpaired) electrons. The van der Waals surface area contributed by atoms with E-state index in [0.717, 1.165) is 7.11 Å². The van der Waals surface area contributed by atoms with E-state index in [1.165, 1.54) is 19.3 Å². The summed E-state index contributed by atoms with van der Waals surface area (Å²) in [6.45, 7) is 1.17. The third kappa shape index (κ3) is 2.13. The number of carbonyl (C=O) groups excluding carboxylic acids is 1. The predicted octanol–water partition coefficient (Wildman–Crippen LogP) is -0.162. The number of carboxylic acid groups (broad SMARTS) is 1. The molecule has 1 heterocycles. The molecule has 1 atom stereocenters. The molecule has 0 saturated heterocycles. The van der Waals surface area contributed by atoms with Crippen LogP contribution in [0.3, 0.4) is 0 Å². The number of nitrogens with one attached hydrogen (secondary N) is 2. The van der Waals surface area contributed by atoms with Crippen LogP contribution in [0, 0.1) is 0 Å². The Bertz CT molecular complexity index is 362. The second-order valence-corrected chi connectivity index (χ2v) is 2.98. The van der Waals surface area contributed by atoms with Gasteiger partial charge in [-0.25, -0.2) is 4.79 Å². The molecule has 0 fully saturated rings. The molecule has 3 N–H and O–H groups in total. The van der Waals surface area contributed by atoms with Gasteiger partial charge in [-0.2, -0.15) is 5.10 Å². The number of methoxy groups -OCH3 is 1. The predicted molar refractivity (Wildman–Crippen MR) is 50.3 cm³/mol. The Kier molecular flexibility index (Phi) is 3.05. The second kappa shape index (κ2) is 4.09. The first-order chi connectivity index (χ1) is 7.00. The van der Waals surface area contributed by atoms with E-state index in [1.54, 1.807) is 0 Å². The van der Waals surface area contributed by atoms with Gasteiger partial charge in [0.25, 0.3) is 5.91 Å². The first kappa shape index (κ1) is 11.2. The first-order valence-electron chi connectivity index (χ1n) is 4.09. The highest BCUT2D eigenvalue weighted by atomic mass is 16.5. The largest absolute Gasteiger partial charge is 0.479 e. The van der Waals surface area contributed by atoms with Crippen LogP contribution in [0.1, 0.15) is 6.92 Å². The van der Waals surface area contributed by atoms with Crippen LogP contribution >= 0.6 is 0 Å². The molecule has 7 heteroatoms. The van der Waals surface area contributed by atoms with Gasteiger partial charge < -0.3 is 15.2 Å². The highest BCUT2D eigenvalue weighted by Gasteiger charge is 2.41. The van der Waals surface area contributed by atoms with Crippen LogP contribution < -0.4 is 5.32 Å². The van der Waals surface area contributed by atoms with Gasteiger partial charge in [-0.15, -0.1) is 0 Å². The summed E-state index contributed by atoms with van der Waals surface area (Å²) in [6.07, 6.45) is 2.78. The van der Waals surface area contributed by atoms with E-state index in [2.05, 4.69) is 20.3 Å². The Hall–Kier alpha value is -1.89. The molecule has 0 aliphatic rings. The first-order valence-corrected chi connectivity index (χ1v) is 4.09. The topological polar surface area (TPSA) is 104 Å². The van der Waals surface area contributed by atoms with Crippen molar-refractivity contribution in [1.29, 1.82) is 0 Å². The lowest BCUT2D eigenvalue weighted by atomic mass is 10.1. The summed E-state index contributed by atoms with van der Waals surface area (Å²) >= 11 is 0. The number of amides is 1. The van der Waals surface area contributed by atoms with Gasteiger partial charge in [0.1, 0.15) is 0 Å². The van der Waals surface area contributed by atoms with E-state index in [4.69, 9.17) is 5.11 Å². The molecule has 7 nitrogen and oxygen atoms in total. The Balaban J connectivity index is 2.79. The van der Waals surface area contributed by atoms with Crippen LogP contribution in [0.15, 0.2) is 12.4 Å². The molecule has 0 saturated carbocycles. The maximum Gasteiger partial charge on any atom is 0.345 e. The third-order valence-corrected chi connectivity index (χ3v) is 2.01. The smallest absolute Gasteiger partial charge is 0.345 e. The standard InChI is InChI=1S/C8H11N3O4/c1-8(15-2,7(13)14)6(12)11-5-3-9-10-4-5/h3-4H,1-2H3,(H,9,10)(H,11,12)(H,13,14). The lowest BCUT2D eigenvalue weighted by Gasteiger charge is -2.21. The van der Waals surface area contributed by atoms with Gasteiger partial charge >= 0.3 is 5.97 Å². The van der Waals surface area contributed by atoms with Gasteiger partial charge in [0.2, 0.25) is 5.60 Å². The number of aliphatic carboxylic acids is 1. The fraction of sp³-hybridized carbons (Fsp3) is 0.375. The summed E-state index contributed by atoms with van der Waals surface area (Å²) in [4.78, 5) is 22.4. The maximum absolute atomic E-state index is 11.5. The normalized spacial score (nSPS) is 14.3. The average molecular weight is 213 g/mol. The summed E-state index contributed by atoms with van der Waals surface area (Å²) in [7, 11) is 1.16. The number of aromatic nitrogens is 2. The van der Waals surface area contributed by atoms with Crippen LogP contribution in [0.4, 0.5) is 5.69 Å². The van der Waals surface area contributed by atoms with Gasteiger partial charge in [0.15, 0.2) is 0 Å². The van der Waals surface area contributed by atoms with E-state index >= 15 is 0 Å². The number of carboxylic acids is 1. The Morgan fingerprint density at radius 1 is 1.67 bits per heavy atom. The number of aromatic amines is 1. The molecule has 0 bridgehead atoms. The van der Waals surface area contributed by atoms with E-state index in [9.17, 15) is 9.59 Å². The van der Waals surface area contributed by atoms with Gasteiger partial charge in [0.05, 0.1) is 11.9 Å². The third-order valence-electron chi connectivity index (χ3n) is 2.01. The van der Waals surface area contributed by atoms with Crippen molar-refractivity contribution in [2.75, 3.05) is 12.4 Å². The quantitative estimate of drug-likeness (QED) is 0.603. The van der Waals surface area contributed by atoms with Crippen LogP contribution in [0.2, 0.25) is 0 Å². The molecule has 0 aliphatic heterocycles.